The molecule has 4 rings (SSSR count). The Morgan fingerprint density at radius 3 is 2.68 bits per heavy atom. The summed E-state index contributed by atoms with van der Waals surface area (Å²) in [5.41, 5.74) is 4.34. The number of hydrogen-bond acceptors (Lipinski definition) is 4. The van der Waals surface area contributed by atoms with E-state index in [0.717, 1.165) is 17.5 Å². The van der Waals surface area contributed by atoms with Crippen LogP contribution in [-0.4, -0.2) is 25.7 Å². The lowest BCUT2D eigenvalue weighted by Crippen LogP contribution is -2.28. The van der Waals surface area contributed by atoms with Crippen molar-refractivity contribution in [3.63, 3.8) is 0 Å². The molecule has 2 aromatic heterocycles. The molecule has 0 fully saturated rings. The number of aromatic nitrogens is 4. The van der Waals surface area contributed by atoms with E-state index in [0.29, 0.717) is 11.0 Å². The molecule has 0 radical (unpaired) electrons. The Hall–Kier alpha value is -3.48. The second-order valence-corrected chi connectivity index (χ2v) is 6.96. The number of rotatable bonds is 4. The molecular weight excluding hydrogens is 354 g/mol. The minimum Gasteiger partial charge on any atom is -0.344 e. The van der Waals surface area contributed by atoms with Gasteiger partial charge in [-0.15, -0.1) is 5.10 Å². The highest BCUT2D eigenvalue weighted by molar-refractivity contribution is 5.99. The Morgan fingerprint density at radius 2 is 1.96 bits per heavy atom. The number of fused-ring (bicyclic) bond motifs is 3. The van der Waals surface area contributed by atoms with E-state index < -0.39 is 11.5 Å². The molecule has 2 heterocycles. The van der Waals surface area contributed by atoms with Crippen LogP contribution in [0, 0.1) is 6.92 Å². The Balaban J connectivity index is 1.69. The fraction of sp³-hybridized carbons (Fsp3) is 0.238. The Labute approximate surface area is 161 Å². The van der Waals surface area contributed by atoms with Crippen LogP contribution in [0.1, 0.15) is 47.1 Å². The second-order valence-electron chi connectivity index (χ2n) is 6.96. The van der Waals surface area contributed by atoms with Crippen LogP contribution >= 0.6 is 0 Å². The highest BCUT2D eigenvalue weighted by Crippen LogP contribution is 2.17. The molecule has 2 aromatic carbocycles. The molecule has 7 nitrogen and oxygen atoms in total. The predicted molar refractivity (Wildman–Crippen MR) is 108 cm³/mol. The molecule has 0 saturated heterocycles. The molecule has 0 aliphatic rings. The van der Waals surface area contributed by atoms with E-state index in [9.17, 15) is 9.59 Å². The fourth-order valence-electron chi connectivity index (χ4n) is 3.31. The zero-order valence-corrected chi connectivity index (χ0v) is 16.0. The zero-order chi connectivity index (χ0) is 19.8. The lowest BCUT2D eigenvalue weighted by molar-refractivity contribution is 0.0936. The summed E-state index contributed by atoms with van der Waals surface area (Å²) in [5, 5.41) is 10.9. The van der Waals surface area contributed by atoms with Crippen molar-refractivity contribution in [3.8, 4) is 0 Å². The normalized spacial score (nSPS) is 12.4. The first kappa shape index (κ1) is 17.9. The first-order valence-corrected chi connectivity index (χ1v) is 9.25. The summed E-state index contributed by atoms with van der Waals surface area (Å²) in [6, 6.07) is 13.5. The zero-order valence-electron chi connectivity index (χ0n) is 16.0. The third-order valence-corrected chi connectivity index (χ3v) is 4.96. The van der Waals surface area contributed by atoms with Crippen LogP contribution in [0.3, 0.4) is 0 Å². The number of nitrogens with one attached hydrogen (secondary N) is 2. The maximum Gasteiger partial charge on any atom is 0.277 e. The number of aromatic amines is 1. The van der Waals surface area contributed by atoms with Crippen molar-refractivity contribution in [3.05, 3.63) is 75.2 Å². The van der Waals surface area contributed by atoms with Gasteiger partial charge in [-0.25, -0.2) is 4.52 Å². The van der Waals surface area contributed by atoms with Gasteiger partial charge in [0.15, 0.2) is 11.2 Å². The van der Waals surface area contributed by atoms with Gasteiger partial charge in [0.1, 0.15) is 0 Å². The summed E-state index contributed by atoms with van der Waals surface area (Å²) in [4.78, 5) is 28.2. The van der Waals surface area contributed by atoms with E-state index in [2.05, 4.69) is 27.5 Å². The lowest BCUT2D eigenvalue weighted by atomic mass is 10.0. The molecule has 1 unspecified atom stereocenters. The molecule has 1 atom stereocenters. The number of carbonyl (C=O) groups is 1. The first-order valence-electron chi connectivity index (χ1n) is 9.25. The molecule has 28 heavy (non-hydrogen) atoms. The molecule has 1 amide bonds. The quantitative estimate of drug-likeness (QED) is 0.574. The molecule has 0 saturated carbocycles. The van der Waals surface area contributed by atoms with E-state index in [1.165, 1.54) is 10.1 Å². The van der Waals surface area contributed by atoms with Gasteiger partial charge in [0.2, 0.25) is 0 Å². The summed E-state index contributed by atoms with van der Waals surface area (Å²) in [5.74, 6) is -0.431. The summed E-state index contributed by atoms with van der Waals surface area (Å²) < 4.78 is 1.42. The first-order chi connectivity index (χ1) is 13.5. The van der Waals surface area contributed by atoms with Crippen LogP contribution in [0.4, 0.5) is 0 Å². The SMILES string of the molecule is CCc1ccc(C(C)NC(=O)c2nnn3c2c(=O)[nH]c2cc(C)ccc23)cc1. The highest BCUT2D eigenvalue weighted by atomic mass is 16.2. The van der Waals surface area contributed by atoms with Crippen LogP contribution in [0.5, 0.6) is 0 Å². The topological polar surface area (TPSA) is 92.2 Å². The van der Waals surface area contributed by atoms with Crippen molar-refractivity contribution in [2.24, 2.45) is 0 Å². The van der Waals surface area contributed by atoms with Crippen LogP contribution in [0.2, 0.25) is 0 Å². The Kier molecular flexibility index (Phi) is 4.43. The van der Waals surface area contributed by atoms with Crippen LogP contribution in [0.15, 0.2) is 47.3 Å². The maximum atomic E-state index is 12.8. The maximum absolute atomic E-state index is 12.8. The van der Waals surface area contributed by atoms with Crippen molar-refractivity contribution in [1.29, 1.82) is 0 Å². The molecule has 4 aromatic rings. The lowest BCUT2D eigenvalue weighted by Gasteiger charge is -2.14. The number of nitrogens with zero attached hydrogens (tertiary/aromatic N) is 3. The van der Waals surface area contributed by atoms with Crippen LogP contribution < -0.4 is 10.9 Å². The average molecular weight is 375 g/mol. The minimum absolute atomic E-state index is 0.0146. The van der Waals surface area contributed by atoms with E-state index in [4.69, 9.17) is 0 Å². The van der Waals surface area contributed by atoms with Gasteiger partial charge in [-0.3, -0.25) is 9.59 Å². The monoisotopic (exact) mass is 375 g/mol. The molecular formula is C21H21N5O2. The van der Waals surface area contributed by atoms with Crippen molar-refractivity contribution in [1.82, 2.24) is 25.1 Å². The van der Waals surface area contributed by atoms with E-state index in [1.807, 2.05) is 56.3 Å². The van der Waals surface area contributed by atoms with Gasteiger partial charge in [-0.1, -0.05) is 42.5 Å². The van der Waals surface area contributed by atoms with Crippen LogP contribution in [0.25, 0.3) is 16.6 Å². The van der Waals surface area contributed by atoms with Gasteiger partial charge in [-0.2, -0.15) is 0 Å². The largest absolute Gasteiger partial charge is 0.344 e. The molecule has 0 spiro atoms. The number of benzene rings is 2. The number of hydrogen-bond donors (Lipinski definition) is 2. The highest BCUT2D eigenvalue weighted by Gasteiger charge is 2.21. The van der Waals surface area contributed by atoms with E-state index >= 15 is 0 Å². The van der Waals surface area contributed by atoms with E-state index in [-0.39, 0.29) is 17.3 Å². The number of aryl methyl sites for hydroxylation is 2. The minimum atomic E-state index is -0.431. The molecule has 142 valence electrons. The van der Waals surface area contributed by atoms with Gasteiger partial charge in [0.25, 0.3) is 11.5 Å². The number of amides is 1. The summed E-state index contributed by atoms with van der Waals surface area (Å²) >= 11 is 0. The second kappa shape index (κ2) is 6.92. The average Bonchev–Trinajstić information content (AvgIpc) is 3.14. The van der Waals surface area contributed by atoms with Crippen LogP contribution in [-0.2, 0) is 6.42 Å². The molecule has 2 N–H and O–H groups in total. The Morgan fingerprint density at radius 1 is 1.21 bits per heavy atom. The fourth-order valence-corrected chi connectivity index (χ4v) is 3.31. The third-order valence-electron chi connectivity index (χ3n) is 4.96. The molecule has 0 bridgehead atoms. The predicted octanol–water partition coefficient (Wildman–Crippen LogP) is 2.93. The molecule has 0 aliphatic carbocycles. The standard InChI is InChI=1S/C21H21N5O2/c1-4-14-6-8-15(9-7-14)13(3)22-20(27)18-19-21(28)23-16-11-12(2)5-10-17(16)26(19)25-24-18/h5-11,13H,4H2,1-3H3,(H,22,27)(H,23,28). The Bertz CT molecular complexity index is 1240. The summed E-state index contributed by atoms with van der Waals surface area (Å²) in [6.07, 6.45) is 0.962. The van der Waals surface area contributed by atoms with Crippen molar-refractivity contribution in [2.75, 3.05) is 0 Å². The van der Waals surface area contributed by atoms with Crippen molar-refractivity contribution >= 4 is 22.5 Å². The van der Waals surface area contributed by atoms with Gasteiger partial charge < -0.3 is 10.3 Å². The van der Waals surface area contributed by atoms with Crippen molar-refractivity contribution < 1.29 is 4.79 Å². The van der Waals surface area contributed by atoms with Gasteiger partial charge >= 0.3 is 0 Å². The molecule has 7 heteroatoms. The van der Waals surface area contributed by atoms with Crippen molar-refractivity contribution in [2.45, 2.75) is 33.2 Å². The van der Waals surface area contributed by atoms with Gasteiger partial charge in [-0.05, 0) is 49.1 Å². The number of carbonyl (C=O) groups excluding carboxylic acids is 1. The van der Waals surface area contributed by atoms with Gasteiger partial charge in [0.05, 0.1) is 17.1 Å². The molecule has 0 aliphatic heterocycles. The summed E-state index contributed by atoms with van der Waals surface area (Å²) in [6.45, 7) is 5.93. The number of H-pyrrole nitrogens is 1. The smallest absolute Gasteiger partial charge is 0.277 e. The summed E-state index contributed by atoms with van der Waals surface area (Å²) in [7, 11) is 0. The van der Waals surface area contributed by atoms with Gasteiger partial charge in [0, 0.05) is 0 Å². The third kappa shape index (κ3) is 3.05. The van der Waals surface area contributed by atoms with E-state index in [1.54, 1.807) is 0 Å².